The van der Waals surface area contributed by atoms with Crippen LogP contribution in [0.15, 0.2) is 78.9 Å². The van der Waals surface area contributed by atoms with Gasteiger partial charge in [-0.3, -0.25) is 25.0 Å². The molecule has 4 rings (SSSR count). The van der Waals surface area contributed by atoms with E-state index in [0.29, 0.717) is 21.4 Å². The maximum absolute atomic E-state index is 12.6. The highest BCUT2D eigenvalue weighted by molar-refractivity contribution is 7.18. The van der Waals surface area contributed by atoms with Crippen molar-refractivity contribution < 1.29 is 14.5 Å². The van der Waals surface area contributed by atoms with Crippen molar-refractivity contribution in [2.24, 2.45) is 0 Å². The van der Waals surface area contributed by atoms with E-state index in [1.165, 1.54) is 41.7 Å². The summed E-state index contributed by atoms with van der Waals surface area (Å²) < 4.78 is 0. The van der Waals surface area contributed by atoms with Crippen LogP contribution in [-0.2, 0) is 0 Å². The first-order chi connectivity index (χ1) is 15.5. The highest BCUT2D eigenvalue weighted by Crippen LogP contribution is 2.26. The summed E-state index contributed by atoms with van der Waals surface area (Å²) in [6.07, 6.45) is 0. The predicted molar refractivity (Wildman–Crippen MR) is 121 cm³/mol. The SMILES string of the molecule is O=C(Nc1cccc(C(=O)Nc2nnc(-c3ccccc3)s2)c1)c1ccc([N+](=O)[O-])cc1. The quantitative estimate of drug-likeness (QED) is 0.329. The fraction of sp³-hybridized carbons (Fsp3) is 0. The number of carbonyl (C=O) groups excluding carboxylic acids is 2. The van der Waals surface area contributed by atoms with Crippen molar-refractivity contribution in [1.29, 1.82) is 0 Å². The van der Waals surface area contributed by atoms with Crippen molar-refractivity contribution >= 4 is 39.7 Å². The van der Waals surface area contributed by atoms with Gasteiger partial charge in [0.05, 0.1) is 4.92 Å². The van der Waals surface area contributed by atoms with Crippen molar-refractivity contribution in [2.75, 3.05) is 10.6 Å². The third kappa shape index (κ3) is 4.82. The monoisotopic (exact) mass is 445 g/mol. The van der Waals surface area contributed by atoms with Crippen molar-refractivity contribution in [3.05, 3.63) is 100 Å². The number of amides is 2. The van der Waals surface area contributed by atoms with Crippen molar-refractivity contribution in [1.82, 2.24) is 10.2 Å². The zero-order chi connectivity index (χ0) is 22.5. The largest absolute Gasteiger partial charge is 0.322 e. The number of hydrogen-bond donors (Lipinski definition) is 2. The van der Waals surface area contributed by atoms with Crippen molar-refractivity contribution in [3.63, 3.8) is 0 Å². The summed E-state index contributed by atoms with van der Waals surface area (Å²) in [5, 5.41) is 25.3. The minimum atomic E-state index is -0.537. The average molecular weight is 445 g/mol. The molecule has 9 nitrogen and oxygen atoms in total. The van der Waals surface area contributed by atoms with Gasteiger partial charge in [0.2, 0.25) is 5.13 Å². The van der Waals surface area contributed by atoms with E-state index in [1.54, 1.807) is 18.2 Å². The molecule has 0 bridgehead atoms. The second kappa shape index (κ2) is 9.14. The lowest BCUT2D eigenvalue weighted by Gasteiger charge is -2.07. The van der Waals surface area contributed by atoms with Gasteiger partial charge in [0.1, 0.15) is 5.01 Å². The standard InChI is InChI=1S/C22H15N5O4S/c28-19(14-9-11-18(12-10-14)27(30)31)23-17-8-4-7-16(13-17)20(29)24-22-26-25-21(32-22)15-5-2-1-3-6-15/h1-13H,(H,23,28)(H,24,26,29). The number of aromatic nitrogens is 2. The van der Waals surface area contributed by atoms with Gasteiger partial charge >= 0.3 is 0 Å². The molecule has 2 N–H and O–H groups in total. The minimum Gasteiger partial charge on any atom is -0.322 e. The summed E-state index contributed by atoms with van der Waals surface area (Å²) in [5.74, 6) is -0.846. The van der Waals surface area contributed by atoms with Gasteiger partial charge in [0.15, 0.2) is 0 Å². The molecule has 2 amide bonds. The molecule has 32 heavy (non-hydrogen) atoms. The summed E-state index contributed by atoms with van der Waals surface area (Å²) in [5.41, 5.74) is 1.78. The van der Waals surface area contributed by atoms with Crippen LogP contribution in [0.2, 0.25) is 0 Å². The van der Waals surface area contributed by atoms with Gasteiger partial charge in [0.25, 0.3) is 17.5 Å². The molecular weight excluding hydrogens is 430 g/mol. The average Bonchev–Trinajstić information content (AvgIpc) is 3.28. The molecular formula is C22H15N5O4S. The van der Waals surface area contributed by atoms with Gasteiger partial charge in [-0.25, -0.2) is 0 Å². The number of benzene rings is 3. The number of hydrogen-bond acceptors (Lipinski definition) is 7. The van der Waals surface area contributed by atoms with Gasteiger partial charge in [0, 0.05) is 34.5 Å². The van der Waals surface area contributed by atoms with Crippen molar-refractivity contribution in [2.45, 2.75) is 0 Å². The summed E-state index contributed by atoms with van der Waals surface area (Å²) in [6.45, 7) is 0. The Kier molecular flexibility index (Phi) is 5.95. The van der Waals surface area contributed by atoms with Gasteiger partial charge in [-0.2, -0.15) is 0 Å². The Morgan fingerprint density at radius 2 is 1.53 bits per heavy atom. The van der Waals surface area contributed by atoms with E-state index in [-0.39, 0.29) is 11.3 Å². The first-order valence-electron chi connectivity index (χ1n) is 9.36. The number of nitrogens with zero attached hydrogens (tertiary/aromatic N) is 3. The smallest absolute Gasteiger partial charge is 0.269 e. The molecule has 0 spiro atoms. The molecule has 0 unspecified atom stereocenters. The van der Waals surface area contributed by atoms with Crippen LogP contribution >= 0.6 is 11.3 Å². The lowest BCUT2D eigenvalue weighted by atomic mass is 10.1. The van der Waals surface area contributed by atoms with E-state index < -0.39 is 16.7 Å². The van der Waals surface area contributed by atoms with E-state index in [4.69, 9.17) is 0 Å². The number of nitro groups is 1. The van der Waals surface area contributed by atoms with Crippen LogP contribution in [0.1, 0.15) is 20.7 Å². The molecule has 0 radical (unpaired) electrons. The van der Waals surface area contributed by atoms with Crippen molar-refractivity contribution in [3.8, 4) is 10.6 Å². The molecule has 0 atom stereocenters. The number of anilines is 2. The van der Waals surface area contributed by atoms with E-state index >= 15 is 0 Å². The lowest BCUT2D eigenvalue weighted by Crippen LogP contribution is -2.14. The molecule has 0 aliphatic rings. The molecule has 0 aliphatic carbocycles. The number of non-ortho nitro benzene ring substituents is 1. The molecule has 158 valence electrons. The summed E-state index contributed by atoms with van der Waals surface area (Å²) in [6, 6.07) is 21.1. The Labute approximate surface area is 185 Å². The van der Waals surface area contributed by atoms with Crippen LogP contribution < -0.4 is 10.6 Å². The van der Waals surface area contributed by atoms with E-state index in [2.05, 4.69) is 20.8 Å². The molecule has 0 saturated carbocycles. The fourth-order valence-electron chi connectivity index (χ4n) is 2.82. The zero-order valence-corrected chi connectivity index (χ0v) is 17.2. The van der Waals surface area contributed by atoms with Crippen LogP contribution in [0.4, 0.5) is 16.5 Å². The molecule has 3 aromatic carbocycles. The molecule has 1 aromatic heterocycles. The second-order valence-electron chi connectivity index (χ2n) is 6.57. The topological polar surface area (TPSA) is 127 Å². The molecule has 10 heteroatoms. The highest BCUT2D eigenvalue weighted by Gasteiger charge is 2.13. The van der Waals surface area contributed by atoms with E-state index in [9.17, 15) is 19.7 Å². The predicted octanol–water partition coefficient (Wildman–Crippen LogP) is 4.62. The molecule has 0 fully saturated rings. The Hall–Kier alpha value is -4.44. The van der Waals surface area contributed by atoms with Crippen LogP contribution in [0.25, 0.3) is 10.6 Å². The lowest BCUT2D eigenvalue weighted by molar-refractivity contribution is -0.384. The molecule has 4 aromatic rings. The summed E-state index contributed by atoms with van der Waals surface area (Å²) >= 11 is 1.25. The van der Waals surface area contributed by atoms with Crippen LogP contribution in [0, 0.1) is 10.1 Å². The summed E-state index contributed by atoms with van der Waals surface area (Å²) in [7, 11) is 0. The van der Waals surface area contributed by atoms with E-state index in [0.717, 1.165) is 5.56 Å². The second-order valence-corrected chi connectivity index (χ2v) is 7.55. The third-order valence-electron chi connectivity index (χ3n) is 4.39. The van der Waals surface area contributed by atoms with Gasteiger partial charge in [-0.1, -0.05) is 47.7 Å². The number of nitrogens with one attached hydrogen (secondary N) is 2. The van der Waals surface area contributed by atoms with Gasteiger partial charge in [-0.05, 0) is 30.3 Å². The van der Waals surface area contributed by atoms with Crippen LogP contribution in [0.5, 0.6) is 0 Å². The Morgan fingerprint density at radius 3 is 2.25 bits per heavy atom. The molecule has 0 aliphatic heterocycles. The summed E-state index contributed by atoms with van der Waals surface area (Å²) in [4.78, 5) is 35.2. The fourth-order valence-corrected chi connectivity index (χ4v) is 3.56. The Balaban J connectivity index is 1.43. The maximum Gasteiger partial charge on any atom is 0.269 e. The van der Waals surface area contributed by atoms with E-state index in [1.807, 2.05) is 30.3 Å². The van der Waals surface area contributed by atoms with Crippen LogP contribution in [-0.4, -0.2) is 26.9 Å². The first kappa shape index (κ1) is 20.8. The molecule has 1 heterocycles. The third-order valence-corrected chi connectivity index (χ3v) is 5.28. The Bertz CT molecular complexity index is 1290. The highest BCUT2D eigenvalue weighted by atomic mass is 32.1. The zero-order valence-electron chi connectivity index (χ0n) is 16.4. The van der Waals surface area contributed by atoms with Gasteiger partial charge < -0.3 is 5.32 Å². The number of rotatable bonds is 6. The van der Waals surface area contributed by atoms with Gasteiger partial charge in [-0.15, -0.1) is 10.2 Å². The number of nitro benzene ring substituents is 1. The van der Waals surface area contributed by atoms with Crippen LogP contribution in [0.3, 0.4) is 0 Å². The molecule has 0 saturated heterocycles. The maximum atomic E-state index is 12.6. The minimum absolute atomic E-state index is 0.104. The Morgan fingerprint density at radius 1 is 0.812 bits per heavy atom. The normalized spacial score (nSPS) is 10.4. The first-order valence-corrected chi connectivity index (χ1v) is 10.2. The number of carbonyl (C=O) groups is 2.